The second-order valence-corrected chi connectivity index (χ2v) is 4.28. The molecule has 0 spiro atoms. The lowest BCUT2D eigenvalue weighted by molar-refractivity contribution is 0.145. The van der Waals surface area contributed by atoms with Crippen LogP contribution < -0.4 is 10.5 Å². The van der Waals surface area contributed by atoms with E-state index in [4.69, 9.17) is 20.4 Å². The molecular formula is C13H22N4O3. The van der Waals surface area contributed by atoms with E-state index in [1.54, 1.807) is 20.4 Å². The Morgan fingerprint density at radius 3 is 2.90 bits per heavy atom. The van der Waals surface area contributed by atoms with Crippen LogP contribution in [0.2, 0.25) is 0 Å². The maximum atomic E-state index is 8.59. The van der Waals surface area contributed by atoms with Crippen LogP contribution in [0.15, 0.2) is 23.5 Å². The molecule has 0 atom stereocenters. The van der Waals surface area contributed by atoms with Gasteiger partial charge in [-0.15, -0.1) is 0 Å². The van der Waals surface area contributed by atoms with E-state index in [-0.39, 0.29) is 5.84 Å². The Labute approximate surface area is 119 Å². The number of rotatable bonds is 9. The zero-order valence-electron chi connectivity index (χ0n) is 12.0. The van der Waals surface area contributed by atoms with Crippen LogP contribution in [0.25, 0.3) is 0 Å². The van der Waals surface area contributed by atoms with E-state index >= 15 is 0 Å². The quantitative estimate of drug-likeness (QED) is 0.299. The van der Waals surface area contributed by atoms with Crippen molar-refractivity contribution in [3.05, 3.63) is 23.9 Å². The maximum Gasteiger partial charge on any atom is 0.217 e. The van der Waals surface area contributed by atoms with Gasteiger partial charge in [-0.1, -0.05) is 11.2 Å². The Kier molecular flexibility index (Phi) is 7.38. The molecule has 0 radical (unpaired) electrons. The van der Waals surface area contributed by atoms with Crippen molar-refractivity contribution in [2.45, 2.75) is 13.0 Å². The molecule has 20 heavy (non-hydrogen) atoms. The predicted octanol–water partition coefficient (Wildman–Crippen LogP) is 0.675. The molecule has 1 heterocycles. The molecule has 0 aliphatic carbocycles. The summed E-state index contributed by atoms with van der Waals surface area (Å²) in [7, 11) is 3.26. The smallest absolute Gasteiger partial charge is 0.217 e. The average Bonchev–Trinajstić information content (AvgIpc) is 2.49. The summed E-state index contributed by atoms with van der Waals surface area (Å²) < 4.78 is 10.3. The lowest BCUT2D eigenvalue weighted by Crippen LogP contribution is -2.31. The monoisotopic (exact) mass is 282 g/mol. The molecule has 0 aliphatic rings. The standard InChI is InChI=1S/C13H22N4O3/c1-19-9-8-17(7-5-12(14)16-18)10-11-4-3-6-15-13(11)20-2/h3-4,6,18H,5,7-10H2,1-2H3,(H2,14,16). The van der Waals surface area contributed by atoms with Gasteiger partial charge in [0, 0.05) is 44.9 Å². The highest BCUT2D eigenvalue weighted by atomic mass is 16.5. The summed E-state index contributed by atoms with van der Waals surface area (Å²) in [4.78, 5) is 6.31. The molecule has 0 aromatic carbocycles. The van der Waals surface area contributed by atoms with Gasteiger partial charge in [-0.25, -0.2) is 4.98 Å². The number of nitrogens with zero attached hydrogens (tertiary/aromatic N) is 3. The van der Waals surface area contributed by atoms with Gasteiger partial charge < -0.3 is 20.4 Å². The van der Waals surface area contributed by atoms with Crippen molar-refractivity contribution in [1.82, 2.24) is 9.88 Å². The molecule has 1 aromatic rings. The fourth-order valence-corrected chi connectivity index (χ4v) is 1.78. The molecule has 112 valence electrons. The summed E-state index contributed by atoms with van der Waals surface area (Å²) in [6.45, 7) is 2.68. The van der Waals surface area contributed by atoms with Gasteiger partial charge in [0.1, 0.15) is 5.84 Å². The first kappa shape index (κ1) is 16.2. The lowest BCUT2D eigenvalue weighted by atomic mass is 10.2. The second kappa shape index (κ2) is 9.11. The van der Waals surface area contributed by atoms with Crippen LogP contribution in [-0.4, -0.2) is 54.8 Å². The van der Waals surface area contributed by atoms with Crippen LogP contribution >= 0.6 is 0 Å². The van der Waals surface area contributed by atoms with Crippen molar-refractivity contribution in [3.63, 3.8) is 0 Å². The molecule has 7 nitrogen and oxygen atoms in total. The predicted molar refractivity (Wildman–Crippen MR) is 76.0 cm³/mol. The van der Waals surface area contributed by atoms with Crippen molar-refractivity contribution in [2.24, 2.45) is 10.9 Å². The van der Waals surface area contributed by atoms with Gasteiger partial charge in [0.25, 0.3) is 0 Å². The fourth-order valence-electron chi connectivity index (χ4n) is 1.78. The molecule has 0 amide bonds. The summed E-state index contributed by atoms with van der Waals surface area (Å²) in [5.74, 6) is 0.823. The van der Waals surface area contributed by atoms with Crippen LogP contribution in [0.1, 0.15) is 12.0 Å². The first-order valence-corrected chi connectivity index (χ1v) is 6.36. The number of oxime groups is 1. The van der Waals surface area contributed by atoms with E-state index in [9.17, 15) is 0 Å². The Balaban J connectivity index is 2.67. The highest BCUT2D eigenvalue weighted by Crippen LogP contribution is 2.16. The zero-order valence-corrected chi connectivity index (χ0v) is 12.0. The lowest BCUT2D eigenvalue weighted by Gasteiger charge is -2.22. The molecule has 0 saturated carbocycles. The first-order valence-electron chi connectivity index (χ1n) is 6.36. The number of hydrogen-bond donors (Lipinski definition) is 2. The minimum Gasteiger partial charge on any atom is -0.481 e. The van der Waals surface area contributed by atoms with E-state index in [0.717, 1.165) is 12.1 Å². The van der Waals surface area contributed by atoms with E-state index in [2.05, 4.69) is 15.0 Å². The number of nitrogens with two attached hydrogens (primary N) is 1. The van der Waals surface area contributed by atoms with Crippen molar-refractivity contribution in [2.75, 3.05) is 33.9 Å². The van der Waals surface area contributed by atoms with Crippen molar-refractivity contribution >= 4 is 5.84 Å². The topological polar surface area (TPSA) is 93.2 Å². The molecule has 0 aliphatic heterocycles. The molecule has 1 rings (SSSR count). The van der Waals surface area contributed by atoms with Gasteiger partial charge in [-0.05, 0) is 6.07 Å². The third kappa shape index (κ3) is 5.41. The largest absolute Gasteiger partial charge is 0.481 e. The molecule has 0 bridgehead atoms. The van der Waals surface area contributed by atoms with Crippen LogP contribution in [0.5, 0.6) is 5.88 Å². The molecule has 1 aromatic heterocycles. The van der Waals surface area contributed by atoms with Crippen LogP contribution in [0, 0.1) is 0 Å². The Morgan fingerprint density at radius 2 is 2.25 bits per heavy atom. The van der Waals surface area contributed by atoms with Crippen molar-refractivity contribution in [3.8, 4) is 5.88 Å². The van der Waals surface area contributed by atoms with Gasteiger partial charge in [0.15, 0.2) is 0 Å². The van der Waals surface area contributed by atoms with E-state index in [0.29, 0.717) is 32.0 Å². The number of hydrogen-bond acceptors (Lipinski definition) is 6. The minimum absolute atomic E-state index is 0.213. The van der Waals surface area contributed by atoms with Crippen LogP contribution in [0.3, 0.4) is 0 Å². The zero-order chi connectivity index (χ0) is 14.8. The normalized spacial score (nSPS) is 11.8. The Hall–Kier alpha value is -1.86. The number of methoxy groups -OCH3 is 2. The molecule has 0 unspecified atom stereocenters. The number of pyridine rings is 1. The van der Waals surface area contributed by atoms with E-state index < -0.39 is 0 Å². The Morgan fingerprint density at radius 1 is 1.45 bits per heavy atom. The van der Waals surface area contributed by atoms with Crippen LogP contribution in [0.4, 0.5) is 0 Å². The van der Waals surface area contributed by atoms with Gasteiger partial charge in [0.2, 0.25) is 5.88 Å². The van der Waals surface area contributed by atoms with Crippen molar-refractivity contribution in [1.29, 1.82) is 0 Å². The third-order valence-corrected chi connectivity index (χ3v) is 2.86. The Bertz CT molecular complexity index is 426. The third-order valence-electron chi connectivity index (χ3n) is 2.86. The van der Waals surface area contributed by atoms with Crippen LogP contribution in [-0.2, 0) is 11.3 Å². The SMILES string of the molecule is COCCN(CC/C(N)=N/O)Cc1cccnc1OC. The number of ether oxygens (including phenoxy) is 2. The average molecular weight is 282 g/mol. The molecule has 7 heteroatoms. The summed E-state index contributed by atoms with van der Waals surface area (Å²) >= 11 is 0. The molecule has 0 saturated heterocycles. The summed E-state index contributed by atoms with van der Waals surface area (Å²) in [6, 6.07) is 3.84. The van der Waals surface area contributed by atoms with E-state index in [1.165, 1.54) is 0 Å². The first-order chi connectivity index (χ1) is 9.71. The minimum atomic E-state index is 0.213. The van der Waals surface area contributed by atoms with Gasteiger partial charge >= 0.3 is 0 Å². The van der Waals surface area contributed by atoms with Gasteiger partial charge in [-0.2, -0.15) is 0 Å². The fraction of sp³-hybridized carbons (Fsp3) is 0.538. The van der Waals surface area contributed by atoms with Gasteiger partial charge in [0.05, 0.1) is 13.7 Å². The summed E-state index contributed by atoms with van der Waals surface area (Å²) in [6.07, 6.45) is 2.18. The molecule has 0 fully saturated rings. The number of aromatic nitrogens is 1. The molecule has 3 N–H and O–H groups in total. The van der Waals surface area contributed by atoms with E-state index in [1.807, 2.05) is 12.1 Å². The maximum absolute atomic E-state index is 8.59. The number of amidine groups is 1. The van der Waals surface area contributed by atoms with Crippen molar-refractivity contribution < 1.29 is 14.7 Å². The van der Waals surface area contributed by atoms with Gasteiger partial charge in [-0.3, -0.25) is 4.90 Å². The summed E-state index contributed by atoms with van der Waals surface area (Å²) in [5.41, 5.74) is 6.50. The second-order valence-electron chi connectivity index (χ2n) is 4.28. The highest BCUT2D eigenvalue weighted by molar-refractivity contribution is 5.79. The highest BCUT2D eigenvalue weighted by Gasteiger charge is 2.11. The molecular weight excluding hydrogens is 260 g/mol. The summed E-state index contributed by atoms with van der Waals surface area (Å²) in [5, 5.41) is 11.6.